The van der Waals surface area contributed by atoms with Crippen LogP contribution in [0.4, 0.5) is 4.79 Å². The highest BCUT2D eigenvalue weighted by Gasteiger charge is 2.27. The van der Waals surface area contributed by atoms with Crippen LogP contribution in [-0.2, 0) is 4.79 Å². The maximum atomic E-state index is 12.0. The fourth-order valence-corrected chi connectivity index (χ4v) is 2.77. The molecule has 128 valence electrons. The molecule has 2 rings (SSSR count). The zero-order valence-electron chi connectivity index (χ0n) is 13.5. The summed E-state index contributed by atoms with van der Waals surface area (Å²) in [6.07, 6.45) is 0. The Morgan fingerprint density at radius 2 is 1.92 bits per heavy atom. The average molecular weight is 350 g/mol. The lowest BCUT2D eigenvalue weighted by atomic mass is 10.1. The molecule has 2 aromatic rings. The Kier molecular flexibility index (Phi) is 5.80. The second-order valence-corrected chi connectivity index (χ2v) is 6.33. The van der Waals surface area contributed by atoms with E-state index in [1.165, 1.54) is 0 Å². The molecule has 1 aromatic heterocycles. The van der Waals surface area contributed by atoms with Crippen molar-refractivity contribution in [2.24, 2.45) is 11.7 Å². The number of rotatable bonds is 6. The van der Waals surface area contributed by atoms with Crippen molar-refractivity contribution in [3.8, 4) is 17.2 Å². The number of carbonyl (C=O) groups excluding carboxylic acids is 2. The van der Waals surface area contributed by atoms with Crippen molar-refractivity contribution in [3.05, 3.63) is 24.3 Å². The Balaban J connectivity index is 2.13. The maximum absolute atomic E-state index is 12.0. The molecule has 24 heavy (non-hydrogen) atoms. The number of urea groups is 1. The van der Waals surface area contributed by atoms with Crippen LogP contribution in [0.3, 0.4) is 0 Å². The van der Waals surface area contributed by atoms with Crippen LogP contribution in [0.1, 0.15) is 13.8 Å². The molecule has 0 radical (unpaired) electrons. The fraction of sp³-hybridized carbons (Fsp3) is 0.333. The minimum absolute atomic E-state index is 0.0642. The second kappa shape index (κ2) is 7.82. The number of aromatic nitrogens is 2. The van der Waals surface area contributed by atoms with Gasteiger partial charge in [-0.05, 0) is 30.2 Å². The first-order valence-corrected chi connectivity index (χ1v) is 8.03. The van der Waals surface area contributed by atoms with E-state index in [1.54, 1.807) is 31.4 Å². The number of amides is 3. The molecule has 0 aliphatic heterocycles. The van der Waals surface area contributed by atoms with Crippen LogP contribution >= 0.6 is 11.8 Å². The molecule has 0 spiro atoms. The van der Waals surface area contributed by atoms with Crippen molar-refractivity contribution in [3.63, 3.8) is 0 Å². The summed E-state index contributed by atoms with van der Waals surface area (Å²) in [5.41, 5.74) is 5.72. The summed E-state index contributed by atoms with van der Waals surface area (Å²) < 4.78 is 10.7. The van der Waals surface area contributed by atoms with Crippen LogP contribution in [-0.4, -0.2) is 34.5 Å². The van der Waals surface area contributed by atoms with Crippen molar-refractivity contribution < 1.29 is 18.7 Å². The minimum atomic E-state index is -0.893. The minimum Gasteiger partial charge on any atom is -0.497 e. The predicted octanol–water partition coefficient (Wildman–Crippen LogP) is 2.06. The van der Waals surface area contributed by atoms with Crippen LogP contribution < -0.4 is 15.8 Å². The third-order valence-electron chi connectivity index (χ3n) is 3.08. The van der Waals surface area contributed by atoms with Gasteiger partial charge in [0.2, 0.25) is 11.8 Å². The summed E-state index contributed by atoms with van der Waals surface area (Å²) in [6, 6.07) is 6.25. The summed E-state index contributed by atoms with van der Waals surface area (Å²) in [4.78, 5) is 22.9. The third-order valence-corrected chi connectivity index (χ3v) is 4.46. The average Bonchev–Trinajstić information content (AvgIpc) is 3.00. The van der Waals surface area contributed by atoms with E-state index < -0.39 is 17.2 Å². The Morgan fingerprint density at radius 1 is 1.25 bits per heavy atom. The highest BCUT2D eigenvalue weighted by atomic mass is 32.2. The third kappa shape index (κ3) is 4.48. The molecule has 0 aliphatic rings. The molecule has 0 saturated carbocycles. The zero-order chi connectivity index (χ0) is 17.7. The maximum Gasteiger partial charge on any atom is 0.318 e. The van der Waals surface area contributed by atoms with Gasteiger partial charge in [-0.3, -0.25) is 10.1 Å². The Labute approximate surface area is 143 Å². The molecule has 1 atom stereocenters. The molecule has 3 N–H and O–H groups in total. The van der Waals surface area contributed by atoms with E-state index in [4.69, 9.17) is 14.9 Å². The number of thioether (sulfide) groups is 1. The number of benzene rings is 1. The number of imide groups is 1. The smallest absolute Gasteiger partial charge is 0.318 e. The summed E-state index contributed by atoms with van der Waals surface area (Å²) in [5.74, 6) is 0.492. The van der Waals surface area contributed by atoms with Gasteiger partial charge in [-0.25, -0.2) is 4.79 Å². The number of hydrogen-bond donors (Lipinski definition) is 2. The molecular weight excluding hydrogens is 332 g/mol. The van der Waals surface area contributed by atoms with Crippen molar-refractivity contribution >= 4 is 23.7 Å². The lowest BCUT2D eigenvalue weighted by Gasteiger charge is -2.16. The molecule has 1 aromatic carbocycles. The summed E-state index contributed by atoms with van der Waals surface area (Å²) in [7, 11) is 1.58. The summed E-state index contributed by atoms with van der Waals surface area (Å²) in [6.45, 7) is 3.69. The molecule has 0 fully saturated rings. The predicted molar refractivity (Wildman–Crippen MR) is 88.5 cm³/mol. The SMILES string of the molecule is COc1ccc(-c2nnc(S[C@H](C(=O)NC(N)=O)C(C)C)o2)cc1. The first-order chi connectivity index (χ1) is 11.4. The van der Waals surface area contributed by atoms with Gasteiger partial charge in [0.05, 0.1) is 12.4 Å². The number of ether oxygens (including phenoxy) is 1. The van der Waals surface area contributed by atoms with E-state index in [2.05, 4.69) is 15.5 Å². The molecule has 3 amide bonds. The van der Waals surface area contributed by atoms with Crippen molar-refractivity contribution in [1.82, 2.24) is 15.5 Å². The molecule has 0 aliphatic carbocycles. The van der Waals surface area contributed by atoms with E-state index >= 15 is 0 Å². The molecule has 8 nitrogen and oxygen atoms in total. The number of nitrogens with zero attached hydrogens (tertiary/aromatic N) is 2. The second-order valence-electron chi connectivity index (χ2n) is 5.24. The van der Waals surface area contributed by atoms with E-state index in [1.807, 2.05) is 13.8 Å². The first-order valence-electron chi connectivity index (χ1n) is 7.15. The summed E-state index contributed by atoms with van der Waals surface area (Å²) in [5, 5.41) is 9.64. The highest BCUT2D eigenvalue weighted by Crippen LogP contribution is 2.30. The van der Waals surface area contributed by atoms with Gasteiger partial charge in [-0.15, -0.1) is 10.2 Å². The Hall–Kier alpha value is -2.55. The van der Waals surface area contributed by atoms with Crippen LogP contribution in [0.15, 0.2) is 33.9 Å². The molecule has 0 unspecified atom stereocenters. The number of primary amides is 1. The van der Waals surface area contributed by atoms with Crippen LogP contribution in [0.25, 0.3) is 11.5 Å². The molecule has 9 heteroatoms. The Morgan fingerprint density at radius 3 is 2.46 bits per heavy atom. The number of hydrogen-bond acceptors (Lipinski definition) is 7. The van der Waals surface area contributed by atoms with E-state index in [0.717, 1.165) is 23.1 Å². The molecule has 0 bridgehead atoms. The lowest BCUT2D eigenvalue weighted by molar-refractivity contribution is -0.120. The fourth-order valence-electron chi connectivity index (χ4n) is 1.90. The van der Waals surface area contributed by atoms with Crippen LogP contribution in [0.5, 0.6) is 5.75 Å². The van der Waals surface area contributed by atoms with Gasteiger partial charge in [0, 0.05) is 5.56 Å². The lowest BCUT2D eigenvalue weighted by Crippen LogP contribution is -2.42. The van der Waals surface area contributed by atoms with Gasteiger partial charge < -0.3 is 14.9 Å². The van der Waals surface area contributed by atoms with Gasteiger partial charge in [0.15, 0.2) is 0 Å². The number of nitrogens with two attached hydrogens (primary N) is 1. The molecule has 0 saturated heterocycles. The normalized spacial score (nSPS) is 12.0. The largest absolute Gasteiger partial charge is 0.497 e. The van der Waals surface area contributed by atoms with Gasteiger partial charge >= 0.3 is 6.03 Å². The monoisotopic (exact) mass is 350 g/mol. The van der Waals surface area contributed by atoms with Crippen molar-refractivity contribution in [1.29, 1.82) is 0 Å². The van der Waals surface area contributed by atoms with Gasteiger partial charge in [0.25, 0.3) is 5.22 Å². The molecule has 1 heterocycles. The van der Waals surface area contributed by atoms with E-state index in [0.29, 0.717) is 5.89 Å². The standard InChI is InChI=1S/C15H18N4O4S/c1-8(2)11(12(20)17-14(16)21)24-15-19-18-13(23-15)9-4-6-10(22-3)7-5-9/h4-8,11H,1-3H3,(H3,16,17,20,21)/t11-/m0/s1. The van der Waals surface area contributed by atoms with Crippen molar-refractivity contribution in [2.75, 3.05) is 7.11 Å². The van der Waals surface area contributed by atoms with Gasteiger partial charge in [-0.1, -0.05) is 25.6 Å². The van der Waals surface area contributed by atoms with Crippen molar-refractivity contribution in [2.45, 2.75) is 24.3 Å². The topological polar surface area (TPSA) is 120 Å². The number of methoxy groups -OCH3 is 1. The highest BCUT2D eigenvalue weighted by molar-refractivity contribution is 8.00. The summed E-state index contributed by atoms with van der Waals surface area (Å²) >= 11 is 1.09. The quantitative estimate of drug-likeness (QED) is 0.765. The zero-order valence-corrected chi connectivity index (χ0v) is 14.3. The number of carbonyl (C=O) groups is 2. The number of nitrogens with one attached hydrogen (secondary N) is 1. The van der Waals surface area contributed by atoms with E-state index in [-0.39, 0.29) is 11.1 Å². The van der Waals surface area contributed by atoms with Crippen LogP contribution in [0.2, 0.25) is 0 Å². The van der Waals surface area contributed by atoms with Crippen LogP contribution in [0, 0.1) is 5.92 Å². The first kappa shape index (κ1) is 17.8. The van der Waals surface area contributed by atoms with E-state index in [9.17, 15) is 9.59 Å². The Bertz CT molecular complexity index is 715. The van der Waals surface area contributed by atoms with Gasteiger partial charge in [0.1, 0.15) is 5.75 Å². The molecular formula is C15H18N4O4S. The van der Waals surface area contributed by atoms with Gasteiger partial charge in [-0.2, -0.15) is 0 Å².